The molecule has 0 saturated heterocycles. The minimum Gasteiger partial charge on any atom is -0.423 e. The van der Waals surface area contributed by atoms with Crippen molar-refractivity contribution >= 4 is 24.0 Å². The molecule has 104 valence electrons. The highest BCUT2D eigenvalue weighted by Gasteiger charge is 2.27. The van der Waals surface area contributed by atoms with Gasteiger partial charge in [0.2, 0.25) is 0 Å². The van der Waals surface area contributed by atoms with E-state index in [2.05, 4.69) is 11.0 Å². The van der Waals surface area contributed by atoms with Gasteiger partial charge < -0.3 is 14.6 Å². The lowest BCUT2D eigenvalue weighted by atomic mass is 9.79. The number of aryl methyl sites for hydroxylation is 1. The Balaban J connectivity index is 1.94. The van der Waals surface area contributed by atoms with E-state index in [0.29, 0.717) is 12.2 Å². The lowest BCUT2D eigenvalue weighted by molar-refractivity contribution is 0.275. The van der Waals surface area contributed by atoms with Gasteiger partial charge in [-0.2, -0.15) is 5.26 Å². The van der Waals surface area contributed by atoms with Gasteiger partial charge in [0.25, 0.3) is 0 Å². The standard InChI is InChI=1S/C16H15BN2O2/c1-11-7-14(4-3-12(11)9-18)19(2)15-5-6-16-13(8-15)10-21-17(16)20/h3-8,20H,10H2,1-2H3. The molecule has 0 aromatic heterocycles. The van der Waals surface area contributed by atoms with Crippen molar-refractivity contribution in [2.75, 3.05) is 11.9 Å². The Bertz CT molecular complexity index is 740. The second-order valence-corrected chi connectivity index (χ2v) is 5.22. The van der Waals surface area contributed by atoms with E-state index >= 15 is 0 Å². The first-order valence-corrected chi connectivity index (χ1v) is 6.77. The second kappa shape index (κ2) is 5.25. The van der Waals surface area contributed by atoms with E-state index in [4.69, 9.17) is 9.92 Å². The third-order valence-electron chi connectivity index (χ3n) is 3.89. The molecule has 0 fully saturated rings. The van der Waals surface area contributed by atoms with Crippen LogP contribution in [0.1, 0.15) is 16.7 Å². The number of nitrogens with zero attached hydrogens (tertiary/aromatic N) is 2. The molecule has 1 heterocycles. The molecule has 2 aromatic rings. The number of hydrogen-bond donors (Lipinski definition) is 1. The topological polar surface area (TPSA) is 56.5 Å². The van der Waals surface area contributed by atoms with Crippen molar-refractivity contribution in [2.45, 2.75) is 13.5 Å². The maximum atomic E-state index is 9.66. The van der Waals surface area contributed by atoms with Gasteiger partial charge in [0.1, 0.15) is 0 Å². The zero-order valence-corrected chi connectivity index (χ0v) is 12.0. The third-order valence-corrected chi connectivity index (χ3v) is 3.89. The monoisotopic (exact) mass is 278 g/mol. The van der Waals surface area contributed by atoms with E-state index in [-0.39, 0.29) is 0 Å². The van der Waals surface area contributed by atoms with Gasteiger partial charge in [-0.3, -0.25) is 0 Å². The number of rotatable bonds is 2. The molecule has 0 bridgehead atoms. The molecule has 5 heteroatoms. The van der Waals surface area contributed by atoms with E-state index in [1.807, 2.05) is 50.4 Å². The van der Waals surface area contributed by atoms with Gasteiger partial charge in [0.05, 0.1) is 18.2 Å². The van der Waals surface area contributed by atoms with Gasteiger partial charge >= 0.3 is 7.12 Å². The summed E-state index contributed by atoms with van der Waals surface area (Å²) in [4.78, 5) is 2.05. The van der Waals surface area contributed by atoms with Gasteiger partial charge in [-0.1, -0.05) is 6.07 Å². The highest BCUT2D eigenvalue weighted by Crippen LogP contribution is 2.27. The molecule has 0 amide bonds. The molecule has 0 unspecified atom stereocenters. The molecule has 0 aliphatic carbocycles. The van der Waals surface area contributed by atoms with E-state index in [1.165, 1.54) is 0 Å². The van der Waals surface area contributed by atoms with Crippen LogP contribution in [0.5, 0.6) is 0 Å². The fourth-order valence-corrected chi connectivity index (χ4v) is 2.56. The van der Waals surface area contributed by atoms with Crippen LogP contribution in [-0.2, 0) is 11.3 Å². The third kappa shape index (κ3) is 2.40. The molecule has 1 N–H and O–H groups in total. The zero-order chi connectivity index (χ0) is 15.0. The molecule has 0 spiro atoms. The maximum Gasteiger partial charge on any atom is 0.491 e. The molecular formula is C16H15BN2O2. The number of nitriles is 1. The predicted molar refractivity (Wildman–Crippen MR) is 82.8 cm³/mol. The summed E-state index contributed by atoms with van der Waals surface area (Å²) in [5.74, 6) is 0. The Labute approximate surface area is 124 Å². The molecule has 0 atom stereocenters. The van der Waals surface area contributed by atoms with Crippen LogP contribution in [0.2, 0.25) is 0 Å². The summed E-state index contributed by atoms with van der Waals surface area (Å²) < 4.78 is 5.21. The summed E-state index contributed by atoms with van der Waals surface area (Å²) in [6.07, 6.45) is 0. The summed E-state index contributed by atoms with van der Waals surface area (Å²) in [5, 5.41) is 18.6. The normalized spacial score (nSPS) is 13.0. The highest BCUT2D eigenvalue weighted by molar-refractivity contribution is 6.61. The Morgan fingerprint density at radius 3 is 2.67 bits per heavy atom. The van der Waals surface area contributed by atoms with Crippen molar-refractivity contribution in [3.8, 4) is 6.07 Å². The quantitative estimate of drug-likeness (QED) is 0.852. The van der Waals surface area contributed by atoms with Gasteiger partial charge in [0, 0.05) is 18.4 Å². The van der Waals surface area contributed by atoms with Gasteiger partial charge in [-0.05, 0) is 53.8 Å². The maximum absolute atomic E-state index is 9.66. The van der Waals surface area contributed by atoms with Crippen molar-refractivity contribution in [3.05, 3.63) is 53.1 Å². The first kappa shape index (κ1) is 13.7. The van der Waals surface area contributed by atoms with E-state index in [0.717, 1.165) is 28.0 Å². The van der Waals surface area contributed by atoms with E-state index < -0.39 is 7.12 Å². The molecule has 1 aliphatic heterocycles. The number of hydrogen-bond acceptors (Lipinski definition) is 4. The van der Waals surface area contributed by atoms with Crippen molar-refractivity contribution in [2.24, 2.45) is 0 Å². The fourth-order valence-electron chi connectivity index (χ4n) is 2.56. The predicted octanol–water partition coefficient (Wildman–Crippen LogP) is 1.85. The molecule has 1 aliphatic rings. The van der Waals surface area contributed by atoms with Gasteiger partial charge in [-0.15, -0.1) is 0 Å². The number of fused-ring (bicyclic) bond motifs is 1. The molecule has 0 saturated carbocycles. The lowest BCUT2D eigenvalue weighted by Crippen LogP contribution is -2.28. The van der Waals surface area contributed by atoms with E-state index in [1.54, 1.807) is 0 Å². The summed E-state index contributed by atoms with van der Waals surface area (Å²) in [7, 11) is 1.17. The molecule has 3 rings (SSSR count). The Hall–Kier alpha value is -2.29. The van der Waals surface area contributed by atoms with Crippen LogP contribution in [0, 0.1) is 18.3 Å². The second-order valence-electron chi connectivity index (χ2n) is 5.22. The largest absolute Gasteiger partial charge is 0.491 e. The SMILES string of the molecule is Cc1cc(N(C)c2ccc3c(c2)COB3O)ccc1C#N. The Morgan fingerprint density at radius 2 is 1.95 bits per heavy atom. The summed E-state index contributed by atoms with van der Waals surface area (Å²) in [6.45, 7) is 2.37. The number of anilines is 2. The average molecular weight is 278 g/mol. The van der Waals surface area contributed by atoms with Crippen LogP contribution in [0.3, 0.4) is 0 Å². The minimum absolute atomic E-state index is 0.435. The van der Waals surface area contributed by atoms with Crippen LogP contribution in [0.15, 0.2) is 36.4 Å². The smallest absolute Gasteiger partial charge is 0.423 e. The van der Waals surface area contributed by atoms with Crippen LogP contribution in [0.25, 0.3) is 0 Å². The van der Waals surface area contributed by atoms with Crippen LogP contribution >= 0.6 is 0 Å². The average Bonchev–Trinajstić information content (AvgIpc) is 2.87. The first-order chi connectivity index (χ1) is 10.1. The molecule has 2 aromatic carbocycles. The van der Waals surface area contributed by atoms with Crippen molar-refractivity contribution in [1.82, 2.24) is 0 Å². The zero-order valence-electron chi connectivity index (χ0n) is 12.0. The van der Waals surface area contributed by atoms with Crippen LogP contribution in [-0.4, -0.2) is 19.2 Å². The summed E-state index contributed by atoms with van der Waals surface area (Å²) >= 11 is 0. The van der Waals surface area contributed by atoms with Crippen molar-refractivity contribution in [3.63, 3.8) is 0 Å². The first-order valence-electron chi connectivity index (χ1n) is 6.77. The Morgan fingerprint density at radius 1 is 1.24 bits per heavy atom. The van der Waals surface area contributed by atoms with Crippen molar-refractivity contribution < 1.29 is 9.68 Å². The van der Waals surface area contributed by atoms with Crippen LogP contribution in [0.4, 0.5) is 11.4 Å². The van der Waals surface area contributed by atoms with Gasteiger partial charge in [-0.25, -0.2) is 0 Å². The molecule has 21 heavy (non-hydrogen) atoms. The highest BCUT2D eigenvalue weighted by atomic mass is 16.5. The van der Waals surface area contributed by atoms with Gasteiger partial charge in [0.15, 0.2) is 0 Å². The lowest BCUT2D eigenvalue weighted by Gasteiger charge is -2.21. The molecular weight excluding hydrogens is 263 g/mol. The molecule has 4 nitrogen and oxygen atoms in total. The minimum atomic E-state index is -0.809. The summed E-state index contributed by atoms with van der Waals surface area (Å²) in [5.41, 5.74) is 5.54. The fraction of sp³-hybridized carbons (Fsp3) is 0.188. The van der Waals surface area contributed by atoms with Crippen LogP contribution < -0.4 is 10.4 Å². The summed E-state index contributed by atoms with van der Waals surface area (Å²) in [6, 6.07) is 13.8. The number of benzene rings is 2. The Kier molecular flexibility index (Phi) is 3.42. The molecule has 0 radical (unpaired) electrons. The van der Waals surface area contributed by atoms with E-state index in [9.17, 15) is 5.02 Å². The van der Waals surface area contributed by atoms with Crippen molar-refractivity contribution in [1.29, 1.82) is 5.26 Å².